The van der Waals surface area contributed by atoms with E-state index in [1.165, 1.54) is 0 Å². The lowest BCUT2D eigenvalue weighted by molar-refractivity contribution is -0.115. The van der Waals surface area contributed by atoms with Gasteiger partial charge in [0.15, 0.2) is 0 Å². The van der Waals surface area contributed by atoms with Crippen LogP contribution in [-0.4, -0.2) is 15.9 Å². The molecule has 1 aliphatic rings. The highest BCUT2D eigenvalue weighted by Crippen LogP contribution is 2.20. The normalized spacial score (nSPS) is 12.1. The van der Waals surface area contributed by atoms with Gasteiger partial charge in [0.05, 0.1) is 6.42 Å². The van der Waals surface area contributed by atoms with E-state index in [9.17, 15) is 4.79 Å². The largest absolute Gasteiger partial charge is 0.326 e. The molecule has 0 aliphatic carbocycles. The number of fused-ring (bicyclic) bond motifs is 1. The number of nitrogens with zero attached hydrogens (tertiary/aromatic N) is 2. The summed E-state index contributed by atoms with van der Waals surface area (Å²) >= 11 is 0. The predicted molar refractivity (Wildman–Crippen MR) is 60.8 cm³/mol. The molecule has 4 nitrogen and oxygen atoms in total. The van der Waals surface area contributed by atoms with Gasteiger partial charge in [-0.2, -0.15) is 0 Å². The molecule has 3 rings (SSSR count). The molecule has 16 heavy (non-hydrogen) atoms. The smallest absolute Gasteiger partial charge is 0.228 e. The number of para-hydroxylation sites is 1. The van der Waals surface area contributed by atoms with Crippen LogP contribution in [0, 0.1) is 0 Å². The Balaban J connectivity index is 0.000000138. The van der Waals surface area contributed by atoms with Crippen molar-refractivity contribution in [1.82, 2.24) is 9.97 Å². The predicted octanol–water partition coefficient (Wildman–Crippen LogP) is 1.66. The maximum absolute atomic E-state index is 10.8. The van der Waals surface area contributed by atoms with E-state index in [0.717, 1.165) is 11.3 Å². The molecule has 0 saturated heterocycles. The summed E-state index contributed by atoms with van der Waals surface area (Å²) < 4.78 is 0. The van der Waals surface area contributed by atoms with Crippen molar-refractivity contribution in [3.63, 3.8) is 0 Å². The number of rotatable bonds is 0. The Bertz CT molecular complexity index is 417. The molecule has 1 aliphatic heterocycles. The number of carbonyl (C=O) groups excluding carboxylic acids is 1. The number of hydrogen-bond acceptors (Lipinski definition) is 3. The summed E-state index contributed by atoms with van der Waals surface area (Å²) in [6.07, 6.45) is 7.09. The van der Waals surface area contributed by atoms with Gasteiger partial charge < -0.3 is 5.32 Å². The maximum Gasteiger partial charge on any atom is 0.228 e. The van der Waals surface area contributed by atoms with E-state index in [0.29, 0.717) is 6.42 Å². The summed E-state index contributed by atoms with van der Waals surface area (Å²) in [6, 6.07) is 7.75. The maximum atomic E-state index is 10.8. The molecule has 0 fully saturated rings. The van der Waals surface area contributed by atoms with Gasteiger partial charge in [0.2, 0.25) is 5.91 Å². The molecular weight excluding hydrogens is 202 g/mol. The Morgan fingerprint density at radius 1 is 1.00 bits per heavy atom. The number of nitrogens with one attached hydrogen (secondary N) is 1. The highest BCUT2D eigenvalue weighted by Gasteiger charge is 2.15. The van der Waals surface area contributed by atoms with E-state index in [2.05, 4.69) is 15.3 Å². The average Bonchev–Trinajstić information content (AvgIpc) is 2.72. The van der Waals surface area contributed by atoms with E-state index in [4.69, 9.17) is 0 Å². The first-order valence-corrected chi connectivity index (χ1v) is 4.94. The van der Waals surface area contributed by atoms with Gasteiger partial charge in [-0.3, -0.25) is 14.8 Å². The van der Waals surface area contributed by atoms with Crippen LogP contribution in [-0.2, 0) is 11.2 Å². The zero-order chi connectivity index (χ0) is 11.2. The molecule has 0 radical (unpaired) electrons. The van der Waals surface area contributed by atoms with Crippen LogP contribution < -0.4 is 5.32 Å². The van der Waals surface area contributed by atoms with Crippen molar-refractivity contribution in [2.75, 3.05) is 5.32 Å². The lowest BCUT2D eigenvalue weighted by Crippen LogP contribution is -2.03. The second-order valence-corrected chi connectivity index (χ2v) is 3.28. The number of benzene rings is 1. The zero-order valence-electron chi connectivity index (χ0n) is 8.63. The third-order valence-electron chi connectivity index (χ3n) is 2.12. The third-order valence-corrected chi connectivity index (χ3v) is 2.12. The monoisotopic (exact) mass is 213 g/mol. The summed E-state index contributed by atoms with van der Waals surface area (Å²) in [4.78, 5) is 18.2. The van der Waals surface area contributed by atoms with Crippen molar-refractivity contribution in [1.29, 1.82) is 0 Å². The van der Waals surface area contributed by atoms with Crippen molar-refractivity contribution >= 4 is 11.6 Å². The van der Waals surface area contributed by atoms with Gasteiger partial charge in [-0.05, 0) is 11.6 Å². The Morgan fingerprint density at radius 3 is 2.19 bits per heavy atom. The third kappa shape index (κ3) is 2.63. The van der Waals surface area contributed by atoms with Gasteiger partial charge >= 0.3 is 0 Å². The molecule has 0 spiro atoms. The fourth-order valence-corrected chi connectivity index (χ4v) is 1.42. The van der Waals surface area contributed by atoms with Crippen LogP contribution in [0.25, 0.3) is 0 Å². The molecule has 2 aromatic rings. The van der Waals surface area contributed by atoms with E-state index in [1.807, 2.05) is 24.3 Å². The molecule has 0 unspecified atom stereocenters. The van der Waals surface area contributed by atoms with Crippen LogP contribution in [0.4, 0.5) is 5.69 Å². The number of aromatic nitrogens is 2. The molecule has 1 amide bonds. The van der Waals surface area contributed by atoms with Crippen LogP contribution >= 0.6 is 0 Å². The van der Waals surface area contributed by atoms with E-state index < -0.39 is 0 Å². The Kier molecular flexibility index (Phi) is 3.23. The van der Waals surface area contributed by atoms with Crippen molar-refractivity contribution < 1.29 is 4.79 Å². The SMILES string of the molecule is O=C1Cc2ccccc2N1.c1cnccn1. The van der Waals surface area contributed by atoms with E-state index >= 15 is 0 Å². The minimum Gasteiger partial charge on any atom is -0.326 e. The van der Waals surface area contributed by atoms with Crippen molar-refractivity contribution in [2.45, 2.75) is 6.42 Å². The van der Waals surface area contributed by atoms with Crippen molar-refractivity contribution in [2.24, 2.45) is 0 Å². The average molecular weight is 213 g/mol. The van der Waals surface area contributed by atoms with Gasteiger partial charge in [0.1, 0.15) is 0 Å². The summed E-state index contributed by atoms with van der Waals surface area (Å²) in [6.45, 7) is 0. The first-order chi connectivity index (χ1) is 7.86. The minimum atomic E-state index is 0.0983. The Morgan fingerprint density at radius 2 is 1.62 bits per heavy atom. The number of carbonyl (C=O) groups is 1. The van der Waals surface area contributed by atoms with Crippen LogP contribution in [0.2, 0.25) is 0 Å². The van der Waals surface area contributed by atoms with Crippen LogP contribution in [0.5, 0.6) is 0 Å². The summed E-state index contributed by atoms with van der Waals surface area (Å²) in [5.74, 6) is 0.0983. The van der Waals surface area contributed by atoms with E-state index in [1.54, 1.807) is 24.8 Å². The molecule has 1 aromatic carbocycles. The van der Waals surface area contributed by atoms with Gasteiger partial charge in [-0.15, -0.1) is 0 Å². The topological polar surface area (TPSA) is 54.9 Å². The van der Waals surface area contributed by atoms with Gasteiger partial charge in [0, 0.05) is 30.5 Å². The Labute approximate surface area is 93.4 Å². The molecule has 0 bridgehead atoms. The van der Waals surface area contributed by atoms with Crippen molar-refractivity contribution in [3.05, 3.63) is 54.6 Å². The summed E-state index contributed by atoms with van der Waals surface area (Å²) in [7, 11) is 0. The molecule has 1 N–H and O–H groups in total. The lowest BCUT2D eigenvalue weighted by atomic mass is 10.2. The minimum absolute atomic E-state index is 0.0983. The molecule has 80 valence electrons. The van der Waals surface area contributed by atoms with Gasteiger partial charge in [0.25, 0.3) is 0 Å². The molecule has 1 aromatic heterocycles. The summed E-state index contributed by atoms with van der Waals surface area (Å²) in [5, 5.41) is 2.76. The highest BCUT2D eigenvalue weighted by atomic mass is 16.1. The second kappa shape index (κ2) is 5.02. The highest BCUT2D eigenvalue weighted by molar-refractivity contribution is 5.98. The summed E-state index contributed by atoms with van der Waals surface area (Å²) in [5.41, 5.74) is 2.07. The Hall–Kier alpha value is -2.23. The molecule has 2 heterocycles. The van der Waals surface area contributed by atoms with Crippen LogP contribution in [0.3, 0.4) is 0 Å². The first kappa shape index (κ1) is 10.3. The fourth-order valence-electron chi connectivity index (χ4n) is 1.42. The fraction of sp³-hybridized carbons (Fsp3) is 0.0833. The standard InChI is InChI=1S/C8H7NO.C4H4N2/c10-8-5-6-3-1-2-4-7(6)9-8;1-2-6-4-3-5-1/h1-4H,5H2,(H,9,10);1-4H. The van der Waals surface area contributed by atoms with Gasteiger partial charge in [-0.25, -0.2) is 0 Å². The van der Waals surface area contributed by atoms with Crippen molar-refractivity contribution in [3.8, 4) is 0 Å². The quantitative estimate of drug-likeness (QED) is 0.724. The molecule has 4 heteroatoms. The van der Waals surface area contributed by atoms with Crippen LogP contribution in [0.1, 0.15) is 5.56 Å². The van der Waals surface area contributed by atoms with E-state index in [-0.39, 0.29) is 5.91 Å². The van der Waals surface area contributed by atoms with Crippen LogP contribution in [0.15, 0.2) is 49.1 Å². The number of anilines is 1. The number of amides is 1. The zero-order valence-corrected chi connectivity index (χ0v) is 8.63. The first-order valence-electron chi connectivity index (χ1n) is 4.94. The molecule has 0 atom stereocenters. The molecular formula is C12H11N3O. The molecule has 0 saturated carbocycles. The second-order valence-electron chi connectivity index (χ2n) is 3.28. The number of hydrogen-bond donors (Lipinski definition) is 1. The lowest BCUT2D eigenvalue weighted by Gasteiger charge is -1.93. The van der Waals surface area contributed by atoms with Gasteiger partial charge in [-0.1, -0.05) is 18.2 Å².